The van der Waals surface area contributed by atoms with Gasteiger partial charge in [0.25, 0.3) is 5.91 Å². The van der Waals surface area contributed by atoms with Crippen LogP contribution >= 0.6 is 23.2 Å². The summed E-state index contributed by atoms with van der Waals surface area (Å²) in [4.78, 5) is 27.8. The summed E-state index contributed by atoms with van der Waals surface area (Å²) in [6.07, 6.45) is 1.31. The van der Waals surface area contributed by atoms with Gasteiger partial charge >= 0.3 is 5.97 Å². The zero-order valence-electron chi connectivity index (χ0n) is 14.2. The second-order valence-electron chi connectivity index (χ2n) is 6.14. The molecule has 9 heteroatoms. The van der Waals surface area contributed by atoms with Gasteiger partial charge in [0.2, 0.25) is 0 Å². The molecule has 0 aliphatic carbocycles. The molecule has 1 amide bonds. The number of carbonyl (C=O) groups excluding carboxylic acids is 1. The van der Waals surface area contributed by atoms with Crippen LogP contribution in [0.4, 0.5) is 0 Å². The smallest absolute Gasteiger partial charge is 0.354 e. The molecule has 0 atom stereocenters. The third-order valence-corrected chi connectivity index (χ3v) is 5.03. The van der Waals surface area contributed by atoms with E-state index in [1.165, 1.54) is 17.9 Å². The third kappa shape index (κ3) is 3.85. The number of aromatic carboxylic acids is 1. The number of nitrogens with zero attached hydrogens (tertiary/aromatic N) is 4. The van der Waals surface area contributed by atoms with Crippen LogP contribution in [0.2, 0.25) is 10.0 Å². The van der Waals surface area contributed by atoms with Gasteiger partial charge in [-0.2, -0.15) is 5.10 Å². The van der Waals surface area contributed by atoms with Crippen LogP contribution in [0.5, 0.6) is 0 Å². The van der Waals surface area contributed by atoms with Crippen molar-refractivity contribution in [3.8, 4) is 0 Å². The molecule has 0 saturated carbocycles. The number of hydrogen-bond acceptors (Lipinski definition) is 4. The van der Waals surface area contributed by atoms with E-state index >= 15 is 0 Å². The summed E-state index contributed by atoms with van der Waals surface area (Å²) in [6, 6.07) is 5.42. The van der Waals surface area contributed by atoms with Gasteiger partial charge in [0.1, 0.15) is 0 Å². The van der Waals surface area contributed by atoms with Gasteiger partial charge in [0.15, 0.2) is 5.69 Å². The number of amides is 1. The van der Waals surface area contributed by atoms with Gasteiger partial charge in [-0.05, 0) is 17.7 Å². The summed E-state index contributed by atoms with van der Waals surface area (Å²) in [5, 5.41) is 14.4. The molecule has 1 saturated heterocycles. The van der Waals surface area contributed by atoms with Crippen LogP contribution in [0.3, 0.4) is 0 Å². The molecule has 0 bridgehead atoms. The van der Waals surface area contributed by atoms with Crippen LogP contribution in [0.25, 0.3) is 0 Å². The number of hydrogen-bond donors (Lipinski definition) is 1. The number of halogens is 2. The van der Waals surface area contributed by atoms with Gasteiger partial charge in [-0.25, -0.2) is 4.79 Å². The predicted molar refractivity (Wildman–Crippen MR) is 97.8 cm³/mol. The van der Waals surface area contributed by atoms with Crippen LogP contribution in [-0.4, -0.2) is 62.7 Å². The second kappa shape index (κ2) is 7.65. The van der Waals surface area contributed by atoms with Crippen LogP contribution in [-0.2, 0) is 13.6 Å². The van der Waals surface area contributed by atoms with E-state index in [1.54, 1.807) is 17.0 Å². The Hall–Kier alpha value is -2.09. The Morgan fingerprint density at radius 1 is 1.19 bits per heavy atom. The summed E-state index contributed by atoms with van der Waals surface area (Å²) in [5.74, 6) is -1.47. The molecule has 0 spiro atoms. The Bertz CT molecular complexity index is 845. The molecule has 2 aromatic rings. The highest BCUT2D eigenvalue weighted by Gasteiger charge is 2.28. The van der Waals surface area contributed by atoms with Crippen molar-refractivity contribution < 1.29 is 14.7 Å². The highest BCUT2D eigenvalue weighted by atomic mass is 35.5. The van der Waals surface area contributed by atoms with Crippen molar-refractivity contribution in [3.63, 3.8) is 0 Å². The molecular weight excluding hydrogens is 379 g/mol. The minimum Gasteiger partial charge on any atom is -0.477 e. The number of aromatic nitrogens is 2. The molecule has 1 aromatic heterocycles. The molecule has 3 rings (SSSR count). The number of aryl methyl sites for hydroxylation is 1. The number of carbonyl (C=O) groups is 2. The maximum Gasteiger partial charge on any atom is 0.354 e. The molecule has 0 unspecified atom stereocenters. The van der Waals surface area contributed by atoms with E-state index in [0.29, 0.717) is 42.8 Å². The van der Waals surface area contributed by atoms with Gasteiger partial charge in [-0.3, -0.25) is 14.4 Å². The number of piperazine rings is 1. The zero-order chi connectivity index (χ0) is 18.8. The van der Waals surface area contributed by atoms with Crippen molar-refractivity contribution in [1.29, 1.82) is 0 Å². The van der Waals surface area contributed by atoms with Crippen molar-refractivity contribution >= 4 is 35.1 Å². The molecule has 1 aliphatic heterocycles. The third-order valence-electron chi connectivity index (χ3n) is 4.44. The molecule has 1 fully saturated rings. The molecule has 26 heavy (non-hydrogen) atoms. The summed E-state index contributed by atoms with van der Waals surface area (Å²) < 4.78 is 1.20. The fraction of sp³-hybridized carbons (Fsp3) is 0.353. The lowest BCUT2D eigenvalue weighted by Crippen LogP contribution is -2.48. The van der Waals surface area contributed by atoms with Gasteiger partial charge in [0.05, 0.1) is 11.8 Å². The molecule has 1 N–H and O–H groups in total. The Labute approximate surface area is 160 Å². The van der Waals surface area contributed by atoms with Crippen molar-refractivity contribution in [2.45, 2.75) is 6.54 Å². The average Bonchev–Trinajstić information content (AvgIpc) is 2.99. The quantitative estimate of drug-likeness (QED) is 0.857. The lowest BCUT2D eigenvalue weighted by atomic mass is 10.1. The van der Waals surface area contributed by atoms with Gasteiger partial charge in [-0.1, -0.05) is 29.3 Å². The summed E-state index contributed by atoms with van der Waals surface area (Å²) in [7, 11) is 1.51. The van der Waals surface area contributed by atoms with E-state index in [-0.39, 0.29) is 17.2 Å². The maximum atomic E-state index is 12.6. The monoisotopic (exact) mass is 396 g/mol. The van der Waals surface area contributed by atoms with E-state index in [1.807, 2.05) is 6.07 Å². The molecule has 0 radical (unpaired) electrons. The first-order valence-corrected chi connectivity index (χ1v) is 8.83. The number of carboxylic acid groups (broad SMARTS) is 1. The normalized spacial score (nSPS) is 15.3. The van der Waals surface area contributed by atoms with Crippen molar-refractivity contribution in [2.75, 3.05) is 26.2 Å². The predicted octanol–water partition coefficient (Wildman–Crippen LogP) is 2.38. The van der Waals surface area contributed by atoms with Crippen molar-refractivity contribution in [2.24, 2.45) is 7.05 Å². The first-order valence-electron chi connectivity index (χ1n) is 8.07. The summed E-state index contributed by atoms with van der Waals surface area (Å²) in [6.45, 7) is 3.04. The minimum atomic E-state index is -1.16. The number of benzene rings is 1. The van der Waals surface area contributed by atoms with E-state index in [0.717, 1.165) is 5.56 Å². The minimum absolute atomic E-state index is 0.0922. The van der Waals surface area contributed by atoms with Gasteiger partial charge in [0, 0.05) is 49.8 Å². The summed E-state index contributed by atoms with van der Waals surface area (Å²) >= 11 is 12.1. The zero-order valence-corrected chi connectivity index (χ0v) is 15.7. The molecular formula is C17H18Cl2N4O3. The Morgan fingerprint density at radius 2 is 1.88 bits per heavy atom. The highest BCUT2D eigenvalue weighted by Crippen LogP contribution is 2.23. The maximum absolute atomic E-state index is 12.6. The van der Waals surface area contributed by atoms with Crippen LogP contribution in [0.1, 0.15) is 26.4 Å². The topological polar surface area (TPSA) is 78.7 Å². The second-order valence-corrected chi connectivity index (χ2v) is 6.98. The Kier molecular flexibility index (Phi) is 5.50. The first-order chi connectivity index (χ1) is 12.4. The van der Waals surface area contributed by atoms with Crippen LogP contribution < -0.4 is 0 Å². The van der Waals surface area contributed by atoms with E-state index in [4.69, 9.17) is 23.2 Å². The lowest BCUT2D eigenvalue weighted by molar-refractivity contribution is 0.0606. The van der Waals surface area contributed by atoms with Crippen molar-refractivity contribution in [3.05, 3.63) is 51.3 Å². The molecule has 138 valence electrons. The van der Waals surface area contributed by atoms with Crippen molar-refractivity contribution in [1.82, 2.24) is 19.6 Å². The van der Waals surface area contributed by atoms with E-state index < -0.39 is 5.97 Å². The highest BCUT2D eigenvalue weighted by molar-refractivity contribution is 6.35. The fourth-order valence-corrected chi connectivity index (χ4v) is 3.49. The lowest BCUT2D eigenvalue weighted by Gasteiger charge is -2.34. The van der Waals surface area contributed by atoms with Gasteiger partial charge in [-0.15, -0.1) is 0 Å². The van der Waals surface area contributed by atoms with E-state index in [9.17, 15) is 14.7 Å². The average molecular weight is 397 g/mol. The van der Waals surface area contributed by atoms with Gasteiger partial charge < -0.3 is 10.0 Å². The largest absolute Gasteiger partial charge is 0.477 e. The van der Waals surface area contributed by atoms with Crippen LogP contribution in [0, 0.1) is 0 Å². The number of carboxylic acids is 1. The first kappa shape index (κ1) is 18.7. The Morgan fingerprint density at radius 3 is 2.50 bits per heavy atom. The summed E-state index contributed by atoms with van der Waals surface area (Å²) in [5.41, 5.74) is 1.01. The number of rotatable bonds is 4. The standard InChI is InChI=1S/C17H18Cl2N4O3/c1-21-15(17(25)26)13(9-20-21)16(24)23-6-4-22(5-7-23)10-11-2-3-12(18)8-14(11)19/h2-3,8-9H,4-7,10H2,1H3,(H,25,26). The van der Waals surface area contributed by atoms with E-state index in [2.05, 4.69) is 10.00 Å². The van der Waals surface area contributed by atoms with Crippen LogP contribution in [0.15, 0.2) is 24.4 Å². The SMILES string of the molecule is Cn1ncc(C(=O)N2CCN(Cc3ccc(Cl)cc3Cl)CC2)c1C(=O)O. The Balaban J connectivity index is 1.63. The fourth-order valence-electron chi connectivity index (χ4n) is 3.02. The molecule has 2 heterocycles. The molecule has 1 aromatic carbocycles. The molecule has 7 nitrogen and oxygen atoms in total. The molecule has 1 aliphatic rings.